The minimum atomic E-state index is -0.249. The van der Waals surface area contributed by atoms with Crippen LogP contribution in [0.4, 0.5) is 0 Å². The summed E-state index contributed by atoms with van der Waals surface area (Å²) in [5.74, 6) is 0.858. The number of hydrogen-bond donors (Lipinski definition) is 1. The molecule has 1 unspecified atom stereocenters. The summed E-state index contributed by atoms with van der Waals surface area (Å²) in [7, 11) is 1.88. The lowest BCUT2D eigenvalue weighted by atomic mass is 10.2. The summed E-state index contributed by atoms with van der Waals surface area (Å²) in [6.07, 6.45) is 5.58. The third-order valence-electron chi connectivity index (χ3n) is 2.42. The predicted octanol–water partition coefficient (Wildman–Crippen LogP) is 0.685. The van der Waals surface area contributed by atoms with Crippen molar-refractivity contribution in [2.24, 2.45) is 12.8 Å². The highest BCUT2D eigenvalue weighted by Crippen LogP contribution is 2.15. The second kappa shape index (κ2) is 3.86. The van der Waals surface area contributed by atoms with E-state index in [4.69, 9.17) is 5.73 Å². The first-order valence-corrected chi connectivity index (χ1v) is 4.98. The maximum absolute atomic E-state index is 6.09. The number of nitrogens with two attached hydrogens (primary N) is 1. The van der Waals surface area contributed by atoms with Crippen LogP contribution in [0.15, 0.2) is 24.7 Å². The van der Waals surface area contributed by atoms with E-state index < -0.39 is 0 Å². The van der Waals surface area contributed by atoms with Crippen LogP contribution in [-0.4, -0.2) is 19.3 Å². The lowest BCUT2D eigenvalue weighted by Crippen LogP contribution is -2.18. The van der Waals surface area contributed by atoms with Crippen LogP contribution in [0.3, 0.4) is 0 Å². The van der Waals surface area contributed by atoms with Gasteiger partial charge in [0.1, 0.15) is 11.9 Å². The van der Waals surface area contributed by atoms with Crippen molar-refractivity contribution in [1.82, 2.24) is 19.3 Å². The van der Waals surface area contributed by atoms with Crippen molar-refractivity contribution in [1.29, 1.82) is 0 Å². The van der Waals surface area contributed by atoms with Crippen LogP contribution in [-0.2, 0) is 13.6 Å². The summed E-state index contributed by atoms with van der Waals surface area (Å²) in [5, 5.41) is 4.28. The van der Waals surface area contributed by atoms with Crippen LogP contribution in [0.25, 0.3) is 0 Å². The SMILES string of the molecule is CCn1ccnc1C(N)c1ccn(C)n1. The molecule has 5 heteroatoms. The molecule has 0 spiro atoms. The van der Waals surface area contributed by atoms with Crippen LogP contribution in [0.1, 0.15) is 24.5 Å². The lowest BCUT2D eigenvalue weighted by Gasteiger charge is -2.10. The van der Waals surface area contributed by atoms with Crippen molar-refractivity contribution in [2.75, 3.05) is 0 Å². The van der Waals surface area contributed by atoms with E-state index in [0.717, 1.165) is 18.1 Å². The summed E-state index contributed by atoms with van der Waals surface area (Å²) in [6, 6.07) is 1.67. The molecule has 0 aliphatic heterocycles. The Balaban J connectivity index is 2.31. The summed E-state index contributed by atoms with van der Waals surface area (Å²) in [6.45, 7) is 2.94. The Morgan fingerprint density at radius 2 is 2.27 bits per heavy atom. The van der Waals surface area contributed by atoms with Gasteiger partial charge in [-0.1, -0.05) is 0 Å². The molecule has 2 heterocycles. The van der Waals surface area contributed by atoms with Gasteiger partial charge < -0.3 is 10.3 Å². The van der Waals surface area contributed by atoms with Crippen molar-refractivity contribution < 1.29 is 0 Å². The molecule has 0 saturated carbocycles. The zero-order valence-electron chi connectivity index (χ0n) is 8.96. The third kappa shape index (κ3) is 1.78. The van der Waals surface area contributed by atoms with Gasteiger partial charge in [0, 0.05) is 32.2 Å². The lowest BCUT2D eigenvalue weighted by molar-refractivity contribution is 0.633. The van der Waals surface area contributed by atoms with Crippen LogP contribution >= 0.6 is 0 Å². The van der Waals surface area contributed by atoms with Gasteiger partial charge in [-0.05, 0) is 13.0 Å². The van der Waals surface area contributed by atoms with Gasteiger partial charge in [0.15, 0.2) is 0 Å². The number of aromatic nitrogens is 4. The number of aryl methyl sites for hydroxylation is 2. The van der Waals surface area contributed by atoms with Crippen LogP contribution < -0.4 is 5.73 Å². The Morgan fingerprint density at radius 3 is 2.87 bits per heavy atom. The van der Waals surface area contributed by atoms with E-state index in [0.29, 0.717) is 0 Å². The smallest absolute Gasteiger partial charge is 0.131 e. The van der Waals surface area contributed by atoms with Gasteiger partial charge >= 0.3 is 0 Å². The van der Waals surface area contributed by atoms with Gasteiger partial charge in [0.05, 0.1) is 5.69 Å². The van der Waals surface area contributed by atoms with Crippen molar-refractivity contribution in [3.8, 4) is 0 Å². The molecule has 5 nitrogen and oxygen atoms in total. The Bertz CT molecular complexity index is 442. The molecule has 0 bridgehead atoms. The zero-order chi connectivity index (χ0) is 10.8. The van der Waals surface area contributed by atoms with E-state index in [-0.39, 0.29) is 6.04 Å². The van der Waals surface area contributed by atoms with Gasteiger partial charge in [0.2, 0.25) is 0 Å². The fourth-order valence-electron chi connectivity index (χ4n) is 1.60. The molecule has 0 aliphatic carbocycles. The molecule has 0 fully saturated rings. The van der Waals surface area contributed by atoms with Crippen LogP contribution in [0.2, 0.25) is 0 Å². The van der Waals surface area contributed by atoms with Crippen LogP contribution in [0.5, 0.6) is 0 Å². The summed E-state index contributed by atoms with van der Waals surface area (Å²) in [5.41, 5.74) is 6.94. The molecule has 0 aromatic carbocycles. The first-order chi connectivity index (χ1) is 7.22. The second-order valence-corrected chi connectivity index (χ2v) is 3.46. The molecule has 0 aliphatic rings. The Hall–Kier alpha value is -1.62. The molecule has 15 heavy (non-hydrogen) atoms. The number of hydrogen-bond acceptors (Lipinski definition) is 3. The van der Waals surface area contributed by atoms with E-state index >= 15 is 0 Å². The molecule has 2 N–H and O–H groups in total. The summed E-state index contributed by atoms with van der Waals surface area (Å²) < 4.78 is 3.77. The fraction of sp³-hybridized carbons (Fsp3) is 0.400. The topological polar surface area (TPSA) is 61.7 Å². The second-order valence-electron chi connectivity index (χ2n) is 3.46. The van der Waals surface area contributed by atoms with Crippen molar-refractivity contribution >= 4 is 0 Å². The van der Waals surface area contributed by atoms with E-state index in [1.165, 1.54) is 0 Å². The predicted molar refractivity (Wildman–Crippen MR) is 57.1 cm³/mol. The van der Waals surface area contributed by atoms with Crippen molar-refractivity contribution in [3.63, 3.8) is 0 Å². The molecule has 2 rings (SSSR count). The standard InChI is InChI=1S/C10H15N5/c1-3-15-7-5-12-10(15)9(11)8-4-6-14(2)13-8/h4-7,9H,3,11H2,1-2H3. The molecular weight excluding hydrogens is 190 g/mol. The van der Waals surface area contributed by atoms with Crippen LogP contribution in [0, 0.1) is 0 Å². The average molecular weight is 205 g/mol. The van der Waals surface area contributed by atoms with E-state index in [1.807, 2.05) is 30.1 Å². The largest absolute Gasteiger partial charge is 0.334 e. The normalized spacial score (nSPS) is 13.0. The van der Waals surface area contributed by atoms with Gasteiger partial charge in [-0.25, -0.2) is 4.98 Å². The quantitative estimate of drug-likeness (QED) is 0.801. The highest BCUT2D eigenvalue weighted by atomic mass is 15.3. The first kappa shape index (κ1) is 9.92. The minimum absolute atomic E-state index is 0.249. The molecule has 2 aromatic rings. The summed E-state index contributed by atoms with van der Waals surface area (Å²) >= 11 is 0. The molecule has 0 saturated heterocycles. The highest BCUT2D eigenvalue weighted by molar-refractivity contribution is 5.15. The maximum Gasteiger partial charge on any atom is 0.131 e. The molecule has 0 amide bonds. The van der Waals surface area contributed by atoms with Gasteiger partial charge in [-0.2, -0.15) is 5.10 Å². The molecule has 80 valence electrons. The van der Waals surface area contributed by atoms with Gasteiger partial charge in [0.25, 0.3) is 0 Å². The Kier molecular flexibility index (Phi) is 2.55. The van der Waals surface area contributed by atoms with E-state index in [1.54, 1.807) is 10.9 Å². The van der Waals surface area contributed by atoms with Gasteiger partial charge in [-0.3, -0.25) is 4.68 Å². The van der Waals surface area contributed by atoms with Crippen molar-refractivity contribution in [2.45, 2.75) is 19.5 Å². The summed E-state index contributed by atoms with van der Waals surface area (Å²) in [4.78, 5) is 4.26. The average Bonchev–Trinajstić information content (AvgIpc) is 2.84. The van der Waals surface area contributed by atoms with E-state index in [9.17, 15) is 0 Å². The van der Waals surface area contributed by atoms with E-state index in [2.05, 4.69) is 17.0 Å². The minimum Gasteiger partial charge on any atom is -0.334 e. The molecule has 0 radical (unpaired) electrons. The Morgan fingerprint density at radius 1 is 1.47 bits per heavy atom. The first-order valence-electron chi connectivity index (χ1n) is 4.98. The van der Waals surface area contributed by atoms with Gasteiger partial charge in [-0.15, -0.1) is 0 Å². The highest BCUT2D eigenvalue weighted by Gasteiger charge is 2.16. The fourth-order valence-corrected chi connectivity index (χ4v) is 1.60. The monoisotopic (exact) mass is 205 g/mol. The molecule has 2 aromatic heterocycles. The Labute approximate surface area is 88.5 Å². The molecular formula is C10H15N5. The number of nitrogens with zero attached hydrogens (tertiary/aromatic N) is 4. The van der Waals surface area contributed by atoms with Crippen molar-refractivity contribution in [3.05, 3.63) is 36.2 Å². The maximum atomic E-state index is 6.09. The number of imidazole rings is 1. The number of rotatable bonds is 3. The third-order valence-corrected chi connectivity index (χ3v) is 2.42. The molecule has 1 atom stereocenters. The zero-order valence-corrected chi connectivity index (χ0v) is 8.96.